The van der Waals surface area contributed by atoms with Crippen LogP contribution in [-0.2, 0) is 0 Å². The first kappa shape index (κ1) is 11.0. The van der Waals surface area contributed by atoms with Crippen LogP contribution >= 0.6 is 0 Å². The minimum absolute atomic E-state index is 0.851. The van der Waals surface area contributed by atoms with E-state index in [9.17, 15) is 0 Å². The molecule has 0 aromatic heterocycles. The van der Waals surface area contributed by atoms with Crippen LogP contribution in [0, 0.1) is 5.92 Å². The van der Waals surface area contributed by atoms with E-state index in [2.05, 4.69) is 12.7 Å². The standard InChI is InChI=1S/C8H14.C6H6/c1-2-8-6-4-3-5-7-8;1-2-4-6-5-3-1/h2,8H,1,3-7H2;1-6H. The minimum Gasteiger partial charge on any atom is -0.103 e. The molecule has 14 heavy (non-hydrogen) atoms. The molecule has 0 radical (unpaired) electrons. The third-order valence-corrected chi connectivity index (χ3v) is 2.65. The van der Waals surface area contributed by atoms with Gasteiger partial charge in [0, 0.05) is 0 Å². The van der Waals surface area contributed by atoms with E-state index in [-0.39, 0.29) is 0 Å². The number of hydrogen-bond acceptors (Lipinski definition) is 0. The summed E-state index contributed by atoms with van der Waals surface area (Å²) in [6.07, 6.45) is 9.20. The van der Waals surface area contributed by atoms with E-state index in [4.69, 9.17) is 0 Å². The Morgan fingerprint density at radius 1 is 0.786 bits per heavy atom. The average Bonchev–Trinajstić information content (AvgIpc) is 2.33. The predicted molar refractivity (Wildman–Crippen MR) is 63.2 cm³/mol. The molecule has 0 unspecified atom stereocenters. The fourth-order valence-electron chi connectivity index (χ4n) is 1.75. The van der Waals surface area contributed by atoms with Crippen LogP contribution < -0.4 is 0 Å². The van der Waals surface area contributed by atoms with Gasteiger partial charge in [-0.15, -0.1) is 6.58 Å². The molecule has 1 aromatic rings. The molecule has 76 valence electrons. The zero-order valence-electron chi connectivity index (χ0n) is 8.86. The number of rotatable bonds is 1. The first-order valence-electron chi connectivity index (χ1n) is 5.56. The van der Waals surface area contributed by atoms with Crippen molar-refractivity contribution in [2.45, 2.75) is 32.1 Å². The summed E-state index contributed by atoms with van der Waals surface area (Å²) in [5.41, 5.74) is 0. The fraction of sp³-hybridized carbons (Fsp3) is 0.429. The summed E-state index contributed by atoms with van der Waals surface area (Å²) in [4.78, 5) is 0. The lowest BCUT2D eigenvalue weighted by molar-refractivity contribution is 0.420. The highest BCUT2D eigenvalue weighted by Gasteiger charge is 2.07. The smallest absolute Gasteiger partial charge is 0.0236 e. The molecule has 1 aliphatic carbocycles. The van der Waals surface area contributed by atoms with Gasteiger partial charge in [-0.2, -0.15) is 0 Å². The van der Waals surface area contributed by atoms with E-state index in [1.807, 2.05) is 36.4 Å². The van der Waals surface area contributed by atoms with Crippen LogP contribution in [-0.4, -0.2) is 0 Å². The van der Waals surface area contributed by atoms with E-state index in [0.29, 0.717) is 0 Å². The maximum atomic E-state index is 3.78. The lowest BCUT2D eigenvalue weighted by Crippen LogP contribution is -2.01. The van der Waals surface area contributed by atoms with Crippen molar-refractivity contribution < 1.29 is 0 Å². The van der Waals surface area contributed by atoms with Crippen molar-refractivity contribution in [2.24, 2.45) is 5.92 Å². The topological polar surface area (TPSA) is 0 Å². The van der Waals surface area contributed by atoms with Crippen molar-refractivity contribution in [1.82, 2.24) is 0 Å². The molecule has 0 atom stereocenters. The van der Waals surface area contributed by atoms with E-state index in [1.54, 1.807) is 0 Å². The maximum absolute atomic E-state index is 3.78. The quantitative estimate of drug-likeness (QED) is 0.571. The van der Waals surface area contributed by atoms with Crippen LogP contribution in [0.3, 0.4) is 0 Å². The van der Waals surface area contributed by atoms with Crippen LogP contribution in [0.2, 0.25) is 0 Å². The first-order chi connectivity index (χ1) is 6.93. The zero-order valence-corrected chi connectivity index (χ0v) is 8.86. The van der Waals surface area contributed by atoms with Crippen molar-refractivity contribution in [2.75, 3.05) is 0 Å². The summed E-state index contributed by atoms with van der Waals surface area (Å²) in [5.74, 6) is 0.851. The van der Waals surface area contributed by atoms with Gasteiger partial charge in [-0.1, -0.05) is 61.7 Å². The van der Waals surface area contributed by atoms with Crippen molar-refractivity contribution >= 4 is 0 Å². The van der Waals surface area contributed by atoms with Gasteiger partial charge in [0.25, 0.3) is 0 Å². The summed E-state index contributed by atoms with van der Waals surface area (Å²) < 4.78 is 0. The Labute approximate surface area is 87.7 Å². The second-order valence-electron chi connectivity index (χ2n) is 3.79. The molecule has 0 saturated heterocycles. The second kappa shape index (κ2) is 7.37. The van der Waals surface area contributed by atoms with Crippen molar-refractivity contribution in [3.8, 4) is 0 Å². The highest BCUT2D eigenvalue weighted by Crippen LogP contribution is 2.23. The highest BCUT2D eigenvalue weighted by molar-refractivity contribution is 4.99. The summed E-state index contributed by atoms with van der Waals surface area (Å²) in [6.45, 7) is 3.78. The number of benzene rings is 1. The molecule has 0 heterocycles. The average molecular weight is 188 g/mol. The summed E-state index contributed by atoms with van der Waals surface area (Å²) in [7, 11) is 0. The molecular formula is C14H20. The highest BCUT2D eigenvalue weighted by atomic mass is 14.1. The number of allylic oxidation sites excluding steroid dienone is 1. The molecule has 0 amide bonds. The Hall–Kier alpha value is -1.04. The van der Waals surface area contributed by atoms with Crippen molar-refractivity contribution in [3.05, 3.63) is 49.1 Å². The van der Waals surface area contributed by atoms with Crippen LogP contribution in [0.1, 0.15) is 32.1 Å². The second-order valence-corrected chi connectivity index (χ2v) is 3.79. The van der Waals surface area contributed by atoms with Crippen molar-refractivity contribution in [3.63, 3.8) is 0 Å². The van der Waals surface area contributed by atoms with Crippen LogP contribution in [0.4, 0.5) is 0 Å². The van der Waals surface area contributed by atoms with Gasteiger partial charge >= 0.3 is 0 Å². The predicted octanol–water partition coefficient (Wildman–Crippen LogP) is 4.44. The zero-order chi connectivity index (χ0) is 10.1. The van der Waals surface area contributed by atoms with Gasteiger partial charge in [-0.25, -0.2) is 0 Å². The Bertz CT molecular complexity index is 192. The molecular weight excluding hydrogens is 168 g/mol. The molecule has 0 N–H and O–H groups in total. The Balaban J connectivity index is 0.000000146. The molecule has 1 aliphatic rings. The van der Waals surface area contributed by atoms with E-state index in [0.717, 1.165) is 5.92 Å². The number of hydrogen-bond donors (Lipinski definition) is 0. The fourth-order valence-corrected chi connectivity index (χ4v) is 1.75. The molecule has 0 spiro atoms. The van der Waals surface area contributed by atoms with E-state index >= 15 is 0 Å². The third-order valence-electron chi connectivity index (χ3n) is 2.65. The first-order valence-corrected chi connectivity index (χ1v) is 5.56. The molecule has 0 bridgehead atoms. The van der Waals surface area contributed by atoms with Crippen LogP contribution in [0.25, 0.3) is 0 Å². The summed E-state index contributed by atoms with van der Waals surface area (Å²) in [6, 6.07) is 12.0. The molecule has 1 fully saturated rings. The molecule has 1 aromatic carbocycles. The SMILES string of the molecule is C=CC1CCCCC1.c1ccccc1. The van der Waals surface area contributed by atoms with Gasteiger partial charge < -0.3 is 0 Å². The molecule has 0 nitrogen and oxygen atoms in total. The van der Waals surface area contributed by atoms with Gasteiger partial charge in [0.15, 0.2) is 0 Å². The minimum atomic E-state index is 0.851. The van der Waals surface area contributed by atoms with Crippen LogP contribution in [0.15, 0.2) is 49.1 Å². The molecule has 0 heteroatoms. The monoisotopic (exact) mass is 188 g/mol. The molecule has 0 aliphatic heterocycles. The van der Waals surface area contributed by atoms with E-state index < -0.39 is 0 Å². The lowest BCUT2D eigenvalue weighted by Gasteiger charge is -2.16. The van der Waals surface area contributed by atoms with Gasteiger partial charge in [0.2, 0.25) is 0 Å². The normalized spacial score (nSPS) is 16.6. The van der Waals surface area contributed by atoms with Gasteiger partial charge in [-0.05, 0) is 18.8 Å². The van der Waals surface area contributed by atoms with Gasteiger partial charge in [0.1, 0.15) is 0 Å². The Morgan fingerprint density at radius 2 is 1.21 bits per heavy atom. The molecule has 2 rings (SSSR count). The largest absolute Gasteiger partial charge is 0.103 e. The maximum Gasteiger partial charge on any atom is -0.0236 e. The summed E-state index contributed by atoms with van der Waals surface area (Å²) >= 11 is 0. The van der Waals surface area contributed by atoms with Crippen molar-refractivity contribution in [1.29, 1.82) is 0 Å². The Morgan fingerprint density at radius 3 is 1.50 bits per heavy atom. The van der Waals surface area contributed by atoms with Crippen LogP contribution in [0.5, 0.6) is 0 Å². The lowest BCUT2D eigenvalue weighted by atomic mass is 9.90. The summed E-state index contributed by atoms with van der Waals surface area (Å²) in [5, 5.41) is 0. The van der Waals surface area contributed by atoms with Gasteiger partial charge in [-0.3, -0.25) is 0 Å². The third kappa shape index (κ3) is 4.86. The van der Waals surface area contributed by atoms with E-state index in [1.165, 1.54) is 32.1 Å². The Kier molecular flexibility index (Phi) is 5.81. The van der Waals surface area contributed by atoms with Gasteiger partial charge in [0.05, 0.1) is 0 Å². The molecule has 1 saturated carbocycles.